The fraction of sp³-hybridized carbons (Fsp3) is 0.250. The van der Waals surface area contributed by atoms with Gasteiger partial charge in [0.15, 0.2) is 0 Å². The largest absolute Gasteiger partial charge is 0.438 e. The zero-order valence-electron chi connectivity index (χ0n) is 12.5. The first-order chi connectivity index (χ1) is 10.1. The van der Waals surface area contributed by atoms with E-state index in [1.165, 1.54) is 16.0 Å². The Balaban J connectivity index is 2.07. The normalized spacial score (nSPS) is 10.9. The highest BCUT2D eigenvalue weighted by Gasteiger charge is 2.12. The van der Waals surface area contributed by atoms with E-state index in [-0.39, 0.29) is 0 Å². The number of nitrogens with one attached hydrogen (secondary N) is 1. The van der Waals surface area contributed by atoms with Gasteiger partial charge in [-0.2, -0.15) is 4.98 Å². The molecule has 3 rings (SSSR count). The van der Waals surface area contributed by atoms with Crippen molar-refractivity contribution in [3.63, 3.8) is 0 Å². The molecule has 0 saturated carbocycles. The molecule has 1 N–H and O–H groups in total. The van der Waals surface area contributed by atoms with Crippen LogP contribution in [0.2, 0.25) is 0 Å². The van der Waals surface area contributed by atoms with Crippen LogP contribution in [0.3, 0.4) is 0 Å². The molecule has 0 unspecified atom stereocenters. The van der Waals surface area contributed by atoms with E-state index >= 15 is 0 Å². The van der Waals surface area contributed by atoms with Crippen LogP contribution in [-0.2, 0) is 0 Å². The molecule has 0 atom stereocenters. The molecule has 0 saturated heterocycles. The molecule has 5 heteroatoms. The van der Waals surface area contributed by atoms with E-state index in [1.54, 1.807) is 18.4 Å². The fourth-order valence-electron chi connectivity index (χ4n) is 2.09. The first kappa shape index (κ1) is 13.8. The van der Waals surface area contributed by atoms with Crippen LogP contribution in [0.4, 0.5) is 5.95 Å². The summed E-state index contributed by atoms with van der Waals surface area (Å²) in [5, 5.41) is 3.93. The summed E-state index contributed by atoms with van der Waals surface area (Å²) in [5.41, 5.74) is 2.45. The van der Waals surface area contributed by atoms with E-state index in [4.69, 9.17) is 4.74 Å². The zero-order chi connectivity index (χ0) is 15.0. The van der Waals surface area contributed by atoms with E-state index in [1.807, 2.05) is 12.1 Å². The smallest absolute Gasteiger partial charge is 0.232 e. The first-order valence-corrected chi connectivity index (χ1v) is 7.59. The summed E-state index contributed by atoms with van der Waals surface area (Å²) in [6.07, 6.45) is 0. The van der Waals surface area contributed by atoms with E-state index in [0.29, 0.717) is 11.8 Å². The number of ether oxygens (including phenoxy) is 1. The summed E-state index contributed by atoms with van der Waals surface area (Å²) in [6, 6.07) is 8.12. The number of benzene rings is 1. The average Bonchev–Trinajstić information content (AvgIpc) is 2.83. The van der Waals surface area contributed by atoms with Crippen LogP contribution in [0.25, 0.3) is 10.2 Å². The maximum absolute atomic E-state index is 6.00. The molecule has 0 aliphatic rings. The molecule has 4 nitrogen and oxygen atoms in total. The third-order valence-electron chi connectivity index (χ3n) is 3.40. The van der Waals surface area contributed by atoms with Gasteiger partial charge in [0.25, 0.3) is 0 Å². The van der Waals surface area contributed by atoms with Crippen molar-refractivity contribution in [3.05, 3.63) is 40.3 Å². The number of hydrogen-bond acceptors (Lipinski definition) is 5. The SMILES string of the molecule is CNc1nc(Oc2ccc(C)c(C)c2)c2cc(C)sc2n1. The lowest BCUT2D eigenvalue weighted by molar-refractivity contribution is 0.468. The van der Waals surface area contributed by atoms with Crippen molar-refractivity contribution < 1.29 is 4.74 Å². The predicted molar refractivity (Wildman–Crippen MR) is 87.7 cm³/mol. The Morgan fingerprint density at radius 2 is 1.86 bits per heavy atom. The maximum atomic E-state index is 6.00. The standard InChI is InChI=1S/C16H17N3OS/c1-9-5-6-12(7-10(9)2)20-14-13-8-11(3)21-15(13)19-16(17-4)18-14/h5-8H,1-4H3,(H,17,18,19). The lowest BCUT2D eigenvalue weighted by Crippen LogP contribution is -1.98. The van der Waals surface area contributed by atoms with Gasteiger partial charge in [-0.05, 0) is 50.1 Å². The number of nitrogens with zero attached hydrogens (tertiary/aromatic N) is 2. The first-order valence-electron chi connectivity index (χ1n) is 6.78. The summed E-state index contributed by atoms with van der Waals surface area (Å²) in [5.74, 6) is 1.96. The van der Waals surface area contributed by atoms with Crippen LogP contribution in [0.5, 0.6) is 11.6 Å². The molecule has 108 valence electrons. The monoisotopic (exact) mass is 299 g/mol. The molecule has 0 fully saturated rings. The third kappa shape index (κ3) is 2.69. The lowest BCUT2D eigenvalue weighted by Gasteiger charge is -2.09. The number of anilines is 1. The Kier molecular flexibility index (Phi) is 3.51. The number of hydrogen-bond donors (Lipinski definition) is 1. The Morgan fingerprint density at radius 1 is 1.05 bits per heavy atom. The number of aromatic nitrogens is 2. The van der Waals surface area contributed by atoms with Crippen LogP contribution in [0, 0.1) is 20.8 Å². The summed E-state index contributed by atoms with van der Waals surface area (Å²) >= 11 is 1.64. The average molecular weight is 299 g/mol. The van der Waals surface area contributed by atoms with Crippen molar-refractivity contribution in [3.8, 4) is 11.6 Å². The summed E-state index contributed by atoms with van der Waals surface area (Å²) in [6.45, 7) is 6.22. The minimum Gasteiger partial charge on any atom is -0.438 e. The van der Waals surface area contributed by atoms with E-state index < -0.39 is 0 Å². The second kappa shape index (κ2) is 5.33. The molecule has 0 bridgehead atoms. The van der Waals surface area contributed by atoms with Crippen molar-refractivity contribution in [1.82, 2.24) is 9.97 Å². The predicted octanol–water partition coefficient (Wildman–Crippen LogP) is 4.45. The number of rotatable bonds is 3. The van der Waals surface area contributed by atoms with Gasteiger partial charge in [0, 0.05) is 11.9 Å². The Hall–Kier alpha value is -2.14. The van der Waals surface area contributed by atoms with Crippen LogP contribution in [0.15, 0.2) is 24.3 Å². The van der Waals surface area contributed by atoms with Gasteiger partial charge < -0.3 is 10.1 Å². The quantitative estimate of drug-likeness (QED) is 0.776. The summed E-state index contributed by atoms with van der Waals surface area (Å²) in [4.78, 5) is 11.0. The van der Waals surface area contributed by atoms with E-state index in [2.05, 4.69) is 48.2 Å². The molecular weight excluding hydrogens is 282 g/mol. The highest BCUT2D eigenvalue weighted by molar-refractivity contribution is 7.18. The van der Waals surface area contributed by atoms with Crippen LogP contribution >= 0.6 is 11.3 Å². The topological polar surface area (TPSA) is 47.0 Å². The molecule has 2 aromatic heterocycles. The highest BCUT2D eigenvalue weighted by atomic mass is 32.1. The van der Waals surface area contributed by atoms with Crippen LogP contribution < -0.4 is 10.1 Å². The molecular formula is C16H17N3OS. The molecule has 0 spiro atoms. The molecule has 3 aromatic rings. The van der Waals surface area contributed by atoms with Gasteiger partial charge in [0.2, 0.25) is 11.8 Å². The molecule has 1 aromatic carbocycles. The third-order valence-corrected chi connectivity index (χ3v) is 4.34. The van der Waals surface area contributed by atoms with Gasteiger partial charge in [0.1, 0.15) is 10.6 Å². The van der Waals surface area contributed by atoms with Crippen molar-refractivity contribution in [2.75, 3.05) is 12.4 Å². The van der Waals surface area contributed by atoms with Gasteiger partial charge in [-0.1, -0.05) is 6.07 Å². The van der Waals surface area contributed by atoms with Crippen molar-refractivity contribution >= 4 is 27.5 Å². The van der Waals surface area contributed by atoms with E-state index in [9.17, 15) is 0 Å². The van der Waals surface area contributed by atoms with Gasteiger partial charge >= 0.3 is 0 Å². The maximum Gasteiger partial charge on any atom is 0.232 e. The second-order valence-electron chi connectivity index (χ2n) is 5.03. The highest BCUT2D eigenvalue weighted by Crippen LogP contribution is 2.33. The number of thiophene rings is 1. The van der Waals surface area contributed by atoms with Crippen molar-refractivity contribution in [2.24, 2.45) is 0 Å². The summed E-state index contributed by atoms with van der Waals surface area (Å²) in [7, 11) is 1.81. The Labute approximate surface area is 127 Å². The molecule has 0 aliphatic carbocycles. The Bertz CT molecular complexity index is 811. The van der Waals surface area contributed by atoms with Crippen LogP contribution in [-0.4, -0.2) is 17.0 Å². The van der Waals surface area contributed by atoms with Gasteiger partial charge in [-0.3, -0.25) is 0 Å². The summed E-state index contributed by atoms with van der Waals surface area (Å²) < 4.78 is 6.00. The fourth-order valence-corrected chi connectivity index (χ4v) is 2.96. The Morgan fingerprint density at radius 3 is 2.57 bits per heavy atom. The van der Waals surface area contributed by atoms with Crippen LogP contribution in [0.1, 0.15) is 16.0 Å². The molecule has 21 heavy (non-hydrogen) atoms. The van der Waals surface area contributed by atoms with Crippen molar-refractivity contribution in [2.45, 2.75) is 20.8 Å². The van der Waals surface area contributed by atoms with E-state index in [0.717, 1.165) is 16.0 Å². The van der Waals surface area contributed by atoms with Crippen molar-refractivity contribution in [1.29, 1.82) is 0 Å². The second-order valence-corrected chi connectivity index (χ2v) is 6.26. The van der Waals surface area contributed by atoms with Gasteiger partial charge in [0.05, 0.1) is 5.39 Å². The molecule has 2 heterocycles. The number of aryl methyl sites for hydroxylation is 3. The molecule has 0 radical (unpaired) electrons. The van der Waals surface area contributed by atoms with Gasteiger partial charge in [-0.15, -0.1) is 11.3 Å². The molecule has 0 amide bonds. The van der Waals surface area contributed by atoms with Gasteiger partial charge in [-0.25, -0.2) is 4.98 Å². The minimum atomic E-state index is 0.572. The zero-order valence-corrected chi connectivity index (χ0v) is 13.3. The minimum absolute atomic E-state index is 0.572. The lowest BCUT2D eigenvalue weighted by atomic mass is 10.1. The number of fused-ring (bicyclic) bond motifs is 1. The molecule has 0 aliphatic heterocycles.